The van der Waals surface area contributed by atoms with E-state index in [1.165, 1.54) is 5.56 Å². The van der Waals surface area contributed by atoms with Gasteiger partial charge in [0, 0.05) is 21.7 Å². The fraction of sp³-hybridized carbons (Fsp3) is 0.294. The number of halogens is 2. The van der Waals surface area contributed by atoms with Crippen molar-refractivity contribution in [3.63, 3.8) is 0 Å². The van der Waals surface area contributed by atoms with Crippen molar-refractivity contribution in [2.75, 3.05) is 11.9 Å². The average Bonchev–Trinajstić information content (AvgIpc) is 2.46. The number of hydrogen-bond acceptors (Lipinski definition) is 2. The van der Waals surface area contributed by atoms with Gasteiger partial charge >= 0.3 is 0 Å². The molecule has 4 heteroatoms. The van der Waals surface area contributed by atoms with Gasteiger partial charge in [-0.15, -0.1) is 0 Å². The molecule has 0 saturated carbocycles. The van der Waals surface area contributed by atoms with Gasteiger partial charge in [-0.2, -0.15) is 0 Å². The predicted octanol–water partition coefficient (Wildman–Crippen LogP) is 5.37. The van der Waals surface area contributed by atoms with Crippen LogP contribution in [0.25, 0.3) is 0 Å². The number of anilines is 1. The molecule has 2 nitrogen and oxygen atoms in total. The zero-order valence-electron chi connectivity index (χ0n) is 12.1. The van der Waals surface area contributed by atoms with Gasteiger partial charge in [0.25, 0.3) is 0 Å². The Morgan fingerprint density at radius 3 is 2.29 bits per heavy atom. The van der Waals surface area contributed by atoms with Gasteiger partial charge in [0.1, 0.15) is 0 Å². The van der Waals surface area contributed by atoms with E-state index in [1.807, 2.05) is 30.3 Å². The van der Waals surface area contributed by atoms with E-state index in [0.717, 1.165) is 15.7 Å². The summed E-state index contributed by atoms with van der Waals surface area (Å²) in [5.41, 5.74) is 3.11. The third-order valence-electron chi connectivity index (χ3n) is 3.40. The molecular weight excluding hydrogens is 350 g/mol. The minimum atomic E-state index is -0.547. The molecular formula is C17H19BrClNO. The van der Waals surface area contributed by atoms with Crippen LogP contribution in [0.5, 0.6) is 0 Å². The smallest absolute Gasteiger partial charge is 0.0962 e. The van der Waals surface area contributed by atoms with E-state index in [-0.39, 0.29) is 0 Å². The van der Waals surface area contributed by atoms with E-state index >= 15 is 0 Å². The van der Waals surface area contributed by atoms with Crippen LogP contribution < -0.4 is 5.32 Å². The van der Waals surface area contributed by atoms with Crippen LogP contribution in [0.3, 0.4) is 0 Å². The van der Waals surface area contributed by atoms with E-state index in [2.05, 4.69) is 47.2 Å². The summed E-state index contributed by atoms with van der Waals surface area (Å²) in [4.78, 5) is 0. The summed E-state index contributed by atoms with van der Waals surface area (Å²) in [6, 6.07) is 13.6. The first kappa shape index (κ1) is 16.3. The number of nitrogens with one attached hydrogen (secondary N) is 1. The molecule has 0 saturated heterocycles. The van der Waals surface area contributed by atoms with Crippen LogP contribution in [-0.4, -0.2) is 11.7 Å². The van der Waals surface area contributed by atoms with Crippen molar-refractivity contribution in [1.82, 2.24) is 0 Å². The molecule has 1 unspecified atom stereocenters. The number of hydrogen-bond donors (Lipinski definition) is 2. The van der Waals surface area contributed by atoms with E-state index in [1.54, 1.807) is 0 Å². The van der Waals surface area contributed by atoms with Gasteiger partial charge < -0.3 is 10.4 Å². The summed E-state index contributed by atoms with van der Waals surface area (Å²) in [6.45, 7) is 4.76. The van der Waals surface area contributed by atoms with Crippen molar-refractivity contribution in [3.8, 4) is 0 Å². The second kappa shape index (κ2) is 7.30. The van der Waals surface area contributed by atoms with Gasteiger partial charge in [-0.3, -0.25) is 0 Å². The molecule has 0 radical (unpaired) electrons. The molecule has 0 amide bonds. The monoisotopic (exact) mass is 367 g/mol. The Balaban J connectivity index is 1.99. The second-order valence-corrected chi connectivity index (χ2v) is 6.63. The van der Waals surface area contributed by atoms with Crippen molar-refractivity contribution in [1.29, 1.82) is 0 Å². The Labute approximate surface area is 139 Å². The molecule has 2 aromatic rings. The van der Waals surface area contributed by atoms with Crippen molar-refractivity contribution >= 4 is 33.2 Å². The Hall–Kier alpha value is -1.03. The predicted molar refractivity (Wildman–Crippen MR) is 93.1 cm³/mol. The maximum absolute atomic E-state index is 10.3. The molecule has 0 aliphatic rings. The maximum Gasteiger partial charge on any atom is 0.0962 e. The molecule has 1 atom stereocenters. The highest BCUT2D eigenvalue weighted by molar-refractivity contribution is 9.10. The van der Waals surface area contributed by atoms with Crippen molar-refractivity contribution in [3.05, 3.63) is 63.1 Å². The van der Waals surface area contributed by atoms with Crippen molar-refractivity contribution in [2.45, 2.75) is 25.9 Å². The normalized spacial score (nSPS) is 12.5. The summed E-state index contributed by atoms with van der Waals surface area (Å²) in [5.74, 6) is 0.499. The summed E-state index contributed by atoms with van der Waals surface area (Å²) in [7, 11) is 0. The summed E-state index contributed by atoms with van der Waals surface area (Å²) < 4.78 is 0.886. The first-order chi connectivity index (χ1) is 9.97. The van der Waals surface area contributed by atoms with Gasteiger partial charge in [0.05, 0.1) is 6.10 Å². The molecule has 0 aliphatic heterocycles. The lowest BCUT2D eigenvalue weighted by atomic mass is 10.00. The van der Waals surface area contributed by atoms with E-state index in [9.17, 15) is 5.11 Å². The summed E-state index contributed by atoms with van der Waals surface area (Å²) >= 11 is 9.36. The molecule has 2 aromatic carbocycles. The van der Waals surface area contributed by atoms with Crippen LogP contribution in [-0.2, 0) is 0 Å². The van der Waals surface area contributed by atoms with Gasteiger partial charge in [0.2, 0.25) is 0 Å². The molecule has 0 bridgehead atoms. The lowest BCUT2D eigenvalue weighted by Crippen LogP contribution is -2.12. The third-order valence-corrected chi connectivity index (χ3v) is 4.30. The fourth-order valence-corrected chi connectivity index (χ4v) is 2.88. The molecule has 0 aliphatic carbocycles. The number of aliphatic hydroxyl groups excluding tert-OH is 1. The van der Waals surface area contributed by atoms with Crippen LogP contribution in [0.15, 0.2) is 46.9 Å². The molecule has 112 valence electrons. The van der Waals surface area contributed by atoms with E-state index < -0.39 is 6.10 Å². The molecule has 0 spiro atoms. The Kier molecular flexibility index (Phi) is 5.68. The number of aliphatic hydroxyl groups is 1. The minimum absolute atomic E-state index is 0.446. The molecule has 0 heterocycles. The maximum atomic E-state index is 10.3. The SMILES string of the molecule is CC(C)c1ccc(C(O)CNc2ccc(Cl)cc2Br)cc1. The van der Waals surface area contributed by atoms with Crippen LogP contribution >= 0.6 is 27.5 Å². The number of benzene rings is 2. The van der Waals surface area contributed by atoms with Crippen molar-refractivity contribution in [2.24, 2.45) is 0 Å². The second-order valence-electron chi connectivity index (χ2n) is 5.34. The average molecular weight is 369 g/mol. The molecule has 2 N–H and O–H groups in total. The minimum Gasteiger partial charge on any atom is -0.387 e. The first-order valence-electron chi connectivity index (χ1n) is 6.94. The highest BCUT2D eigenvalue weighted by Crippen LogP contribution is 2.27. The van der Waals surface area contributed by atoms with Gasteiger partial charge in [-0.25, -0.2) is 0 Å². The Bertz CT molecular complexity index is 598. The molecule has 0 fully saturated rings. The summed E-state index contributed by atoms with van der Waals surface area (Å²) in [6.07, 6.45) is -0.547. The number of rotatable bonds is 5. The lowest BCUT2D eigenvalue weighted by Gasteiger charge is -2.15. The van der Waals surface area contributed by atoms with Gasteiger partial charge in [-0.05, 0) is 51.2 Å². The Morgan fingerprint density at radius 2 is 1.71 bits per heavy atom. The highest BCUT2D eigenvalue weighted by atomic mass is 79.9. The first-order valence-corrected chi connectivity index (χ1v) is 8.11. The highest BCUT2D eigenvalue weighted by Gasteiger charge is 2.09. The Morgan fingerprint density at radius 1 is 1.10 bits per heavy atom. The van der Waals surface area contributed by atoms with Gasteiger partial charge in [0.15, 0.2) is 0 Å². The topological polar surface area (TPSA) is 32.3 Å². The van der Waals surface area contributed by atoms with Gasteiger partial charge in [-0.1, -0.05) is 49.7 Å². The third kappa shape index (κ3) is 4.47. The largest absolute Gasteiger partial charge is 0.387 e. The quantitative estimate of drug-likeness (QED) is 0.743. The fourth-order valence-electron chi connectivity index (χ4n) is 2.06. The van der Waals surface area contributed by atoms with Crippen LogP contribution in [0, 0.1) is 0 Å². The van der Waals surface area contributed by atoms with Crippen LogP contribution in [0.2, 0.25) is 5.02 Å². The van der Waals surface area contributed by atoms with E-state index in [4.69, 9.17) is 11.6 Å². The van der Waals surface area contributed by atoms with Crippen LogP contribution in [0.4, 0.5) is 5.69 Å². The molecule has 21 heavy (non-hydrogen) atoms. The van der Waals surface area contributed by atoms with E-state index in [0.29, 0.717) is 17.5 Å². The molecule has 0 aromatic heterocycles. The van der Waals surface area contributed by atoms with Crippen molar-refractivity contribution < 1.29 is 5.11 Å². The standard InChI is InChI=1S/C17H19BrClNO/c1-11(2)12-3-5-13(6-4-12)17(21)10-20-16-8-7-14(19)9-15(16)18/h3-9,11,17,20-21H,10H2,1-2H3. The molecule has 2 rings (SSSR count). The zero-order chi connectivity index (χ0) is 15.4. The summed E-state index contributed by atoms with van der Waals surface area (Å²) in [5, 5.41) is 14.2. The zero-order valence-corrected chi connectivity index (χ0v) is 14.4. The lowest BCUT2D eigenvalue weighted by molar-refractivity contribution is 0.191. The van der Waals surface area contributed by atoms with Crippen LogP contribution in [0.1, 0.15) is 37.0 Å².